The van der Waals surface area contributed by atoms with Crippen molar-refractivity contribution >= 4 is 23.2 Å². The number of hydrogen-bond donors (Lipinski definition) is 2. The van der Waals surface area contributed by atoms with Crippen LogP contribution in [0.3, 0.4) is 0 Å². The minimum absolute atomic E-state index is 0.277. The van der Waals surface area contributed by atoms with Crippen LogP contribution in [0.1, 0.15) is 10.5 Å². The standard InChI is InChI=1S/C15H11ClN4O/c16-11-3-6-14(17-9-11)15(21)19-12-4-1-10(2-5-12)13-7-8-18-20-13/h1-9H,(H,18,20)(H,19,21). The van der Waals surface area contributed by atoms with Crippen LogP contribution in [0.2, 0.25) is 5.02 Å². The van der Waals surface area contributed by atoms with Gasteiger partial charge in [-0.3, -0.25) is 9.89 Å². The summed E-state index contributed by atoms with van der Waals surface area (Å²) in [6, 6.07) is 12.5. The number of benzene rings is 1. The van der Waals surface area contributed by atoms with E-state index in [1.54, 1.807) is 18.3 Å². The van der Waals surface area contributed by atoms with Gasteiger partial charge in [0.05, 0.1) is 10.7 Å². The van der Waals surface area contributed by atoms with E-state index in [-0.39, 0.29) is 5.91 Å². The topological polar surface area (TPSA) is 70.7 Å². The van der Waals surface area contributed by atoms with Gasteiger partial charge in [-0.25, -0.2) is 4.98 Å². The Balaban J connectivity index is 1.73. The number of pyridine rings is 1. The van der Waals surface area contributed by atoms with Crippen molar-refractivity contribution < 1.29 is 4.79 Å². The van der Waals surface area contributed by atoms with Crippen LogP contribution in [0.15, 0.2) is 54.9 Å². The van der Waals surface area contributed by atoms with Crippen molar-refractivity contribution in [2.75, 3.05) is 5.32 Å². The lowest BCUT2D eigenvalue weighted by molar-refractivity contribution is 0.102. The quantitative estimate of drug-likeness (QED) is 0.778. The van der Waals surface area contributed by atoms with E-state index < -0.39 is 0 Å². The molecule has 2 N–H and O–H groups in total. The fourth-order valence-electron chi connectivity index (χ4n) is 1.86. The number of nitrogens with one attached hydrogen (secondary N) is 2. The second-order valence-corrected chi connectivity index (χ2v) is 4.80. The van der Waals surface area contributed by atoms with Crippen molar-refractivity contribution in [3.8, 4) is 11.3 Å². The number of amides is 1. The molecular weight excluding hydrogens is 288 g/mol. The fourth-order valence-corrected chi connectivity index (χ4v) is 1.97. The first-order valence-corrected chi connectivity index (χ1v) is 6.63. The third-order valence-electron chi connectivity index (χ3n) is 2.91. The van der Waals surface area contributed by atoms with E-state index in [2.05, 4.69) is 20.5 Å². The number of rotatable bonds is 3. The second kappa shape index (κ2) is 5.76. The summed E-state index contributed by atoms with van der Waals surface area (Å²) in [5, 5.41) is 10.1. The number of nitrogens with zero attached hydrogens (tertiary/aromatic N) is 2. The summed E-state index contributed by atoms with van der Waals surface area (Å²) in [4.78, 5) is 16.0. The van der Waals surface area contributed by atoms with Gasteiger partial charge in [0, 0.05) is 18.1 Å². The SMILES string of the molecule is O=C(Nc1ccc(-c2ccn[nH]2)cc1)c1ccc(Cl)cn1. The summed E-state index contributed by atoms with van der Waals surface area (Å²) in [6.45, 7) is 0. The highest BCUT2D eigenvalue weighted by Gasteiger charge is 2.07. The Bertz CT molecular complexity index is 736. The molecule has 0 aliphatic rings. The van der Waals surface area contributed by atoms with Crippen LogP contribution < -0.4 is 5.32 Å². The molecule has 0 spiro atoms. The van der Waals surface area contributed by atoms with Crippen molar-refractivity contribution in [1.29, 1.82) is 0 Å². The molecule has 0 unspecified atom stereocenters. The molecule has 3 rings (SSSR count). The summed E-state index contributed by atoms with van der Waals surface area (Å²) >= 11 is 5.74. The molecule has 1 amide bonds. The molecule has 0 saturated carbocycles. The summed E-state index contributed by atoms with van der Waals surface area (Å²) in [5.74, 6) is -0.277. The van der Waals surface area contributed by atoms with Gasteiger partial charge in [-0.2, -0.15) is 5.10 Å². The minimum atomic E-state index is -0.277. The lowest BCUT2D eigenvalue weighted by Crippen LogP contribution is -2.13. The van der Waals surface area contributed by atoms with E-state index in [1.165, 1.54) is 6.20 Å². The van der Waals surface area contributed by atoms with E-state index in [1.807, 2.05) is 30.3 Å². The highest BCUT2D eigenvalue weighted by atomic mass is 35.5. The monoisotopic (exact) mass is 298 g/mol. The lowest BCUT2D eigenvalue weighted by atomic mass is 10.1. The molecule has 3 aromatic rings. The Kier molecular flexibility index (Phi) is 3.66. The summed E-state index contributed by atoms with van der Waals surface area (Å²) in [7, 11) is 0. The Morgan fingerprint density at radius 1 is 1.10 bits per heavy atom. The third kappa shape index (κ3) is 3.09. The van der Waals surface area contributed by atoms with E-state index in [0.29, 0.717) is 16.4 Å². The first-order chi connectivity index (χ1) is 10.2. The largest absolute Gasteiger partial charge is 0.321 e. The number of hydrogen-bond acceptors (Lipinski definition) is 3. The number of aromatic amines is 1. The molecule has 104 valence electrons. The van der Waals surface area contributed by atoms with E-state index in [0.717, 1.165) is 11.3 Å². The summed E-state index contributed by atoms with van der Waals surface area (Å²) in [6.07, 6.45) is 3.13. The predicted molar refractivity (Wildman–Crippen MR) is 81.2 cm³/mol. The Morgan fingerprint density at radius 2 is 1.90 bits per heavy atom. The van der Waals surface area contributed by atoms with E-state index in [4.69, 9.17) is 11.6 Å². The van der Waals surface area contributed by atoms with Crippen molar-refractivity contribution in [3.05, 3.63) is 65.6 Å². The van der Waals surface area contributed by atoms with Gasteiger partial charge in [-0.15, -0.1) is 0 Å². The summed E-state index contributed by atoms with van der Waals surface area (Å²) in [5.41, 5.74) is 2.93. The lowest BCUT2D eigenvalue weighted by Gasteiger charge is -2.05. The van der Waals surface area contributed by atoms with Crippen LogP contribution in [0.25, 0.3) is 11.3 Å². The second-order valence-electron chi connectivity index (χ2n) is 4.36. The molecular formula is C15H11ClN4O. The molecule has 5 nitrogen and oxygen atoms in total. The zero-order valence-corrected chi connectivity index (χ0v) is 11.6. The van der Waals surface area contributed by atoms with Crippen molar-refractivity contribution in [1.82, 2.24) is 15.2 Å². The fraction of sp³-hybridized carbons (Fsp3) is 0. The number of carbonyl (C=O) groups is 1. The average Bonchev–Trinajstić information content (AvgIpc) is 3.03. The molecule has 0 fully saturated rings. The number of aromatic nitrogens is 3. The molecule has 2 aromatic heterocycles. The maximum atomic E-state index is 12.0. The molecule has 6 heteroatoms. The van der Waals surface area contributed by atoms with Crippen molar-refractivity contribution in [2.24, 2.45) is 0 Å². The van der Waals surface area contributed by atoms with E-state index in [9.17, 15) is 4.79 Å². The van der Waals surface area contributed by atoms with Gasteiger partial charge in [-0.05, 0) is 35.9 Å². The number of carbonyl (C=O) groups excluding carboxylic acids is 1. The number of halogens is 1. The number of H-pyrrole nitrogens is 1. The average molecular weight is 299 g/mol. The van der Waals surface area contributed by atoms with Crippen molar-refractivity contribution in [2.45, 2.75) is 0 Å². The normalized spacial score (nSPS) is 10.3. The Morgan fingerprint density at radius 3 is 2.52 bits per heavy atom. The molecule has 0 radical (unpaired) electrons. The maximum absolute atomic E-state index is 12.0. The zero-order chi connectivity index (χ0) is 14.7. The van der Waals surface area contributed by atoms with Gasteiger partial charge in [0.25, 0.3) is 5.91 Å². The zero-order valence-electron chi connectivity index (χ0n) is 10.9. The third-order valence-corrected chi connectivity index (χ3v) is 3.14. The molecule has 0 bridgehead atoms. The van der Waals surface area contributed by atoms with Crippen LogP contribution in [0, 0.1) is 0 Å². The van der Waals surface area contributed by atoms with Crippen LogP contribution in [-0.2, 0) is 0 Å². The predicted octanol–water partition coefficient (Wildman–Crippen LogP) is 3.38. The van der Waals surface area contributed by atoms with E-state index >= 15 is 0 Å². The molecule has 0 saturated heterocycles. The first kappa shape index (κ1) is 13.3. The van der Waals surface area contributed by atoms with Crippen LogP contribution >= 0.6 is 11.6 Å². The molecule has 21 heavy (non-hydrogen) atoms. The molecule has 1 aromatic carbocycles. The smallest absolute Gasteiger partial charge is 0.274 e. The minimum Gasteiger partial charge on any atom is -0.321 e. The van der Waals surface area contributed by atoms with Crippen LogP contribution in [-0.4, -0.2) is 21.1 Å². The molecule has 0 aliphatic heterocycles. The van der Waals surface area contributed by atoms with Crippen LogP contribution in [0.5, 0.6) is 0 Å². The molecule has 0 aliphatic carbocycles. The Hall–Kier alpha value is -2.66. The van der Waals surface area contributed by atoms with Gasteiger partial charge in [0.15, 0.2) is 0 Å². The molecule has 2 heterocycles. The van der Waals surface area contributed by atoms with Crippen molar-refractivity contribution in [3.63, 3.8) is 0 Å². The van der Waals surface area contributed by atoms with Gasteiger partial charge >= 0.3 is 0 Å². The summed E-state index contributed by atoms with van der Waals surface area (Å²) < 4.78 is 0. The number of anilines is 1. The van der Waals surface area contributed by atoms with Gasteiger partial charge in [0.2, 0.25) is 0 Å². The highest BCUT2D eigenvalue weighted by Crippen LogP contribution is 2.19. The van der Waals surface area contributed by atoms with Gasteiger partial charge in [-0.1, -0.05) is 23.7 Å². The maximum Gasteiger partial charge on any atom is 0.274 e. The van der Waals surface area contributed by atoms with Gasteiger partial charge < -0.3 is 5.32 Å². The first-order valence-electron chi connectivity index (χ1n) is 6.25. The molecule has 0 atom stereocenters. The highest BCUT2D eigenvalue weighted by molar-refractivity contribution is 6.30. The Labute approximate surface area is 126 Å². The van der Waals surface area contributed by atoms with Crippen LogP contribution in [0.4, 0.5) is 5.69 Å². The van der Waals surface area contributed by atoms with Gasteiger partial charge in [0.1, 0.15) is 5.69 Å².